The van der Waals surface area contributed by atoms with Crippen molar-refractivity contribution in [2.45, 2.75) is 30.9 Å². The summed E-state index contributed by atoms with van der Waals surface area (Å²) in [6.07, 6.45) is 6.97. The van der Waals surface area contributed by atoms with Gasteiger partial charge in [0.2, 0.25) is 16.0 Å². The molecular formula is C16H24N4O3S. The molecule has 1 spiro atoms. The Morgan fingerprint density at radius 3 is 2.71 bits per heavy atom. The van der Waals surface area contributed by atoms with Crippen LogP contribution in [0.3, 0.4) is 0 Å². The van der Waals surface area contributed by atoms with Gasteiger partial charge in [0.05, 0.1) is 18.5 Å². The molecule has 1 atom stereocenters. The van der Waals surface area contributed by atoms with Gasteiger partial charge in [-0.05, 0) is 31.7 Å². The standard InChI is InChI=1S/C16H24N4O3S/c21-24(22,14-3-4-14)20-8-1-5-16(12-20)11-19(9-10-23-13-16)15-17-6-2-7-18-15/h2,6-7,14H,1,3-5,8-13H2/t16-/m1/s1. The van der Waals surface area contributed by atoms with Crippen LogP contribution in [0.1, 0.15) is 25.7 Å². The first-order valence-electron chi connectivity index (χ1n) is 8.68. The lowest BCUT2D eigenvalue weighted by Crippen LogP contribution is -2.53. The van der Waals surface area contributed by atoms with E-state index in [4.69, 9.17) is 4.74 Å². The van der Waals surface area contributed by atoms with Crippen LogP contribution in [0.4, 0.5) is 5.95 Å². The van der Waals surface area contributed by atoms with E-state index in [1.165, 1.54) is 0 Å². The summed E-state index contributed by atoms with van der Waals surface area (Å²) in [6, 6.07) is 1.80. The highest BCUT2D eigenvalue weighted by atomic mass is 32.2. The third-order valence-corrected chi connectivity index (χ3v) is 7.55. The van der Waals surface area contributed by atoms with Crippen LogP contribution in [0, 0.1) is 5.41 Å². The molecule has 0 aromatic carbocycles. The average molecular weight is 352 g/mol. The first-order valence-corrected chi connectivity index (χ1v) is 10.2. The largest absolute Gasteiger partial charge is 0.379 e. The summed E-state index contributed by atoms with van der Waals surface area (Å²) < 4.78 is 32.9. The van der Waals surface area contributed by atoms with Gasteiger partial charge in [-0.2, -0.15) is 0 Å². The number of aromatic nitrogens is 2. The Bertz CT molecular complexity index is 680. The summed E-state index contributed by atoms with van der Waals surface area (Å²) in [5.74, 6) is 0.699. The van der Waals surface area contributed by atoms with E-state index < -0.39 is 10.0 Å². The van der Waals surface area contributed by atoms with E-state index in [0.717, 1.165) is 38.8 Å². The molecule has 0 unspecified atom stereocenters. The van der Waals surface area contributed by atoms with E-state index in [1.807, 2.05) is 0 Å². The van der Waals surface area contributed by atoms with Crippen LogP contribution in [0.15, 0.2) is 18.5 Å². The summed E-state index contributed by atoms with van der Waals surface area (Å²) in [4.78, 5) is 10.9. The van der Waals surface area contributed by atoms with E-state index >= 15 is 0 Å². The molecule has 2 saturated heterocycles. The average Bonchev–Trinajstić information content (AvgIpc) is 3.44. The van der Waals surface area contributed by atoms with Gasteiger partial charge in [-0.15, -0.1) is 0 Å². The molecule has 2 aliphatic heterocycles. The topological polar surface area (TPSA) is 75.6 Å². The minimum Gasteiger partial charge on any atom is -0.379 e. The van der Waals surface area contributed by atoms with Gasteiger partial charge in [-0.25, -0.2) is 22.7 Å². The third-order valence-electron chi connectivity index (χ3n) is 5.21. The molecule has 0 radical (unpaired) electrons. The van der Waals surface area contributed by atoms with Gasteiger partial charge in [0.15, 0.2) is 0 Å². The molecule has 3 aliphatic rings. The van der Waals surface area contributed by atoms with Crippen molar-refractivity contribution in [2.75, 3.05) is 44.3 Å². The molecule has 24 heavy (non-hydrogen) atoms. The number of piperidine rings is 1. The number of hydrogen-bond donors (Lipinski definition) is 0. The highest BCUT2D eigenvalue weighted by Gasteiger charge is 2.46. The monoisotopic (exact) mass is 352 g/mol. The van der Waals surface area contributed by atoms with Gasteiger partial charge in [0.25, 0.3) is 0 Å². The van der Waals surface area contributed by atoms with E-state index in [9.17, 15) is 8.42 Å². The van der Waals surface area contributed by atoms with Crippen LogP contribution in [-0.4, -0.2) is 67.3 Å². The molecule has 3 fully saturated rings. The van der Waals surface area contributed by atoms with Gasteiger partial charge in [-0.1, -0.05) is 0 Å². The van der Waals surface area contributed by atoms with Crippen molar-refractivity contribution in [1.82, 2.24) is 14.3 Å². The first kappa shape index (κ1) is 16.2. The Balaban J connectivity index is 1.56. The summed E-state index contributed by atoms with van der Waals surface area (Å²) >= 11 is 0. The van der Waals surface area contributed by atoms with Crippen molar-refractivity contribution in [2.24, 2.45) is 5.41 Å². The number of nitrogens with zero attached hydrogens (tertiary/aromatic N) is 4. The Labute approximate surface area is 143 Å². The minimum atomic E-state index is -3.13. The van der Waals surface area contributed by atoms with Crippen molar-refractivity contribution < 1.29 is 13.2 Å². The fraction of sp³-hybridized carbons (Fsp3) is 0.750. The van der Waals surface area contributed by atoms with Crippen molar-refractivity contribution in [1.29, 1.82) is 0 Å². The van der Waals surface area contributed by atoms with Crippen LogP contribution in [0.25, 0.3) is 0 Å². The maximum Gasteiger partial charge on any atom is 0.225 e. The van der Waals surface area contributed by atoms with Crippen molar-refractivity contribution in [3.8, 4) is 0 Å². The zero-order valence-electron chi connectivity index (χ0n) is 13.8. The third kappa shape index (κ3) is 3.14. The molecule has 1 saturated carbocycles. The Kier molecular flexibility index (Phi) is 4.22. The second-order valence-electron chi connectivity index (χ2n) is 7.20. The van der Waals surface area contributed by atoms with Gasteiger partial charge < -0.3 is 9.64 Å². The lowest BCUT2D eigenvalue weighted by molar-refractivity contribution is 0.0349. The van der Waals surface area contributed by atoms with Crippen LogP contribution >= 0.6 is 0 Å². The molecule has 7 nitrogen and oxygen atoms in total. The smallest absolute Gasteiger partial charge is 0.225 e. The molecular weight excluding hydrogens is 328 g/mol. The Morgan fingerprint density at radius 2 is 1.96 bits per heavy atom. The van der Waals surface area contributed by atoms with Gasteiger partial charge in [-0.3, -0.25) is 0 Å². The van der Waals surface area contributed by atoms with Crippen LogP contribution in [0.5, 0.6) is 0 Å². The summed E-state index contributed by atoms with van der Waals surface area (Å²) in [7, 11) is -3.13. The number of rotatable bonds is 3. The zero-order chi connectivity index (χ0) is 16.6. The SMILES string of the molecule is O=S(=O)(C1CC1)N1CCC[C@]2(COCCN(c3ncccn3)C2)C1. The lowest BCUT2D eigenvalue weighted by Gasteiger charge is -2.43. The van der Waals surface area contributed by atoms with E-state index in [1.54, 1.807) is 22.8 Å². The molecule has 1 aliphatic carbocycles. The molecule has 8 heteroatoms. The molecule has 0 bridgehead atoms. The van der Waals surface area contributed by atoms with Crippen LogP contribution < -0.4 is 4.90 Å². The quantitative estimate of drug-likeness (QED) is 0.804. The molecule has 4 rings (SSSR count). The lowest BCUT2D eigenvalue weighted by atomic mass is 9.81. The van der Waals surface area contributed by atoms with Gasteiger partial charge in [0, 0.05) is 44.0 Å². The molecule has 0 amide bonds. The predicted molar refractivity (Wildman–Crippen MR) is 90.2 cm³/mol. The predicted octanol–water partition coefficient (Wildman–Crippen LogP) is 0.888. The normalized spacial score (nSPS) is 29.6. The van der Waals surface area contributed by atoms with Crippen molar-refractivity contribution in [3.05, 3.63) is 18.5 Å². The van der Waals surface area contributed by atoms with Gasteiger partial charge in [0.1, 0.15) is 0 Å². The highest BCUT2D eigenvalue weighted by Crippen LogP contribution is 2.38. The van der Waals surface area contributed by atoms with Crippen molar-refractivity contribution >= 4 is 16.0 Å². The number of ether oxygens (including phenoxy) is 1. The zero-order valence-corrected chi connectivity index (χ0v) is 14.6. The van der Waals surface area contributed by atoms with E-state index in [-0.39, 0.29) is 10.7 Å². The van der Waals surface area contributed by atoms with Crippen LogP contribution in [-0.2, 0) is 14.8 Å². The maximum absolute atomic E-state index is 12.7. The van der Waals surface area contributed by atoms with E-state index in [0.29, 0.717) is 32.3 Å². The molecule has 1 aromatic rings. The van der Waals surface area contributed by atoms with Crippen LogP contribution in [0.2, 0.25) is 0 Å². The molecule has 3 heterocycles. The maximum atomic E-state index is 12.7. The summed E-state index contributed by atoms with van der Waals surface area (Å²) in [5.41, 5.74) is -0.171. The second kappa shape index (κ2) is 6.24. The fourth-order valence-electron chi connectivity index (χ4n) is 3.82. The van der Waals surface area contributed by atoms with E-state index in [2.05, 4.69) is 14.9 Å². The Hall–Kier alpha value is -1.25. The number of hydrogen-bond acceptors (Lipinski definition) is 6. The molecule has 0 N–H and O–H groups in total. The first-order chi connectivity index (χ1) is 11.6. The molecule has 132 valence electrons. The summed E-state index contributed by atoms with van der Waals surface area (Å²) in [5, 5.41) is -0.145. The van der Waals surface area contributed by atoms with Crippen molar-refractivity contribution in [3.63, 3.8) is 0 Å². The minimum absolute atomic E-state index is 0.145. The number of sulfonamides is 1. The Morgan fingerprint density at radius 1 is 1.17 bits per heavy atom. The summed E-state index contributed by atoms with van der Waals surface area (Å²) in [6.45, 7) is 3.90. The molecule has 1 aromatic heterocycles. The fourth-order valence-corrected chi connectivity index (χ4v) is 5.81. The highest BCUT2D eigenvalue weighted by molar-refractivity contribution is 7.90. The van der Waals surface area contributed by atoms with Gasteiger partial charge >= 0.3 is 0 Å². The number of anilines is 1. The second-order valence-corrected chi connectivity index (χ2v) is 9.42.